The highest BCUT2D eigenvalue weighted by Gasteiger charge is 2.24. The largest absolute Gasteiger partial charge is 0.300 e. The van der Waals surface area contributed by atoms with Crippen LogP contribution in [-0.4, -0.2) is 16.0 Å². The molecular formula is C18H13N3O3S. The molecule has 0 saturated carbocycles. The van der Waals surface area contributed by atoms with Crippen molar-refractivity contribution in [2.75, 3.05) is 0 Å². The van der Waals surface area contributed by atoms with E-state index in [-0.39, 0.29) is 17.3 Å². The highest BCUT2D eigenvalue weighted by atomic mass is 32.2. The van der Waals surface area contributed by atoms with Crippen LogP contribution in [0, 0.1) is 10.1 Å². The van der Waals surface area contributed by atoms with E-state index in [4.69, 9.17) is 0 Å². The Morgan fingerprint density at radius 2 is 1.80 bits per heavy atom. The van der Waals surface area contributed by atoms with Gasteiger partial charge in [0.15, 0.2) is 5.17 Å². The number of para-hydroxylation sites is 2. The topological polar surface area (TPSA) is 84.6 Å². The van der Waals surface area contributed by atoms with Crippen LogP contribution >= 0.6 is 11.8 Å². The molecule has 0 radical (unpaired) electrons. The molecule has 3 rings (SSSR count). The lowest BCUT2D eigenvalue weighted by atomic mass is 10.2. The molecule has 0 aliphatic carbocycles. The summed E-state index contributed by atoms with van der Waals surface area (Å²) >= 11 is 1.15. The summed E-state index contributed by atoms with van der Waals surface area (Å²) in [5, 5.41) is 14.0. The van der Waals surface area contributed by atoms with Gasteiger partial charge in [-0.15, -0.1) is 0 Å². The van der Waals surface area contributed by atoms with Crippen LogP contribution in [0.25, 0.3) is 6.08 Å². The molecule has 1 aliphatic rings. The van der Waals surface area contributed by atoms with Gasteiger partial charge < -0.3 is 5.32 Å². The second kappa shape index (κ2) is 7.59. The van der Waals surface area contributed by atoms with Crippen LogP contribution in [-0.2, 0) is 4.79 Å². The van der Waals surface area contributed by atoms with Gasteiger partial charge in [0, 0.05) is 6.07 Å². The van der Waals surface area contributed by atoms with Crippen LogP contribution in [0.4, 0.5) is 11.4 Å². The van der Waals surface area contributed by atoms with Gasteiger partial charge in [-0.25, -0.2) is 4.99 Å². The SMILES string of the molecule is O=C1NC(=Nc2ccccc2[N+](=O)[O-])S/C1=C\C=C/c1ccccc1. The zero-order valence-electron chi connectivity index (χ0n) is 13.0. The Morgan fingerprint density at radius 1 is 1.08 bits per heavy atom. The summed E-state index contributed by atoms with van der Waals surface area (Å²) < 4.78 is 0. The molecule has 7 heteroatoms. The minimum atomic E-state index is -0.500. The van der Waals surface area contributed by atoms with Crippen molar-refractivity contribution >= 4 is 40.3 Å². The molecule has 0 aromatic heterocycles. The molecular weight excluding hydrogens is 338 g/mol. The van der Waals surface area contributed by atoms with E-state index in [2.05, 4.69) is 10.3 Å². The smallest absolute Gasteiger partial charge is 0.294 e. The van der Waals surface area contributed by atoms with E-state index in [1.54, 1.807) is 24.3 Å². The zero-order chi connectivity index (χ0) is 17.6. The average Bonchev–Trinajstić information content (AvgIpc) is 2.95. The van der Waals surface area contributed by atoms with Crippen molar-refractivity contribution in [2.24, 2.45) is 4.99 Å². The molecule has 1 N–H and O–H groups in total. The van der Waals surface area contributed by atoms with Gasteiger partial charge in [0.05, 0.1) is 9.83 Å². The number of amides is 1. The van der Waals surface area contributed by atoms with Crippen LogP contribution in [0.2, 0.25) is 0 Å². The number of nitrogens with one attached hydrogen (secondary N) is 1. The molecule has 1 amide bonds. The number of nitro benzene ring substituents is 1. The lowest BCUT2D eigenvalue weighted by molar-refractivity contribution is -0.384. The molecule has 1 fully saturated rings. The van der Waals surface area contributed by atoms with Gasteiger partial charge in [0.1, 0.15) is 5.69 Å². The first-order valence-corrected chi connectivity index (χ1v) is 8.20. The van der Waals surface area contributed by atoms with Crippen molar-refractivity contribution in [3.05, 3.63) is 87.3 Å². The molecule has 25 heavy (non-hydrogen) atoms. The first-order chi connectivity index (χ1) is 12.1. The number of allylic oxidation sites excluding steroid dienone is 2. The van der Waals surface area contributed by atoms with Crippen LogP contribution in [0.15, 0.2) is 76.6 Å². The zero-order valence-corrected chi connectivity index (χ0v) is 13.8. The number of thioether (sulfide) groups is 1. The molecule has 1 heterocycles. The molecule has 2 aromatic carbocycles. The number of hydrogen-bond acceptors (Lipinski definition) is 5. The molecule has 1 aliphatic heterocycles. The molecule has 0 spiro atoms. The highest BCUT2D eigenvalue weighted by molar-refractivity contribution is 8.18. The third kappa shape index (κ3) is 4.21. The van der Waals surface area contributed by atoms with Crippen LogP contribution in [0.1, 0.15) is 5.56 Å². The van der Waals surface area contributed by atoms with Crippen molar-refractivity contribution in [1.82, 2.24) is 5.32 Å². The fourth-order valence-electron chi connectivity index (χ4n) is 2.13. The minimum Gasteiger partial charge on any atom is -0.300 e. The summed E-state index contributed by atoms with van der Waals surface area (Å²) in [5.41, 5.74) is 1.12. The average molecular weight is 351 g/mol. The van der Waals surface area contributed by atoms with Crippen molar-refractivity contribution < 1.29 is 9.72 Å². The molecule has 0 bridgehead atoms. The lowest BCUT2D eigenvalue weighted by Gasteiger charge is -1.97. The molecule has 6 nitrogen and oxygen atoms in total. The monoisotopic (exact) mass is 351 g/mol. The Labute approximate surface area is 148 Å². The standard InChI is InChI=1S/C18H13N3O3S/c22-17-16(12-6-9-13-7-2-1-3-8-13)25-18(20-17)19-14-10-4-5-11-15(14)21(23)24/h1-12H,(H,19,20,22)/b9-6-,16-12-. The Hall–Kier alpha value is -3.19. The summed E-state index contributed by atoms with van der Waals surface area (Å²) in [5.74, 6) is -0.278. The van der Waals surface area contributed by atoms with E-state index < -0.39 is 4.92 Å². The normalized spacial score (nSPS) is 17.4. The first-order valence-electron chi connectivity index (χ1n) is 7.38. The Morgan fingerprint density at radius 3 is 2.56 bits per heavy atom. The van der Waals surface area contributed by atoms with E-state index in [0.717, 1.165) is 17.3 Å². The second-order valence-corrected chi connectivity index (χ2v) is 6.05. The minimum absolute atomic E-state index is 0.105. The highest BCUT2D eigenvalue weighted by Crippen LogP contribution is 2.31. The third-order valence-electron chi connectivity index (χ3n) is 3.29. The maximum Gasteiger partial charge on any atom is 0.294 e. The molecule has 124 valence electrons. The maximum atomic E-state index is 12.0. The summed E-state index contributed by atoms with van der Waals surface area (Å²) in [7, 11) is 0. The van der Waals surface area contributed by atoms with E-state index in [9.17, 15) is 14.9 Å². The Bertz CT molecular complexity index is 905. The first kappa shape index (κ1) is 16.7. The number of nitrogens with zero attached hydrogens (tertiary/aromatic N) is 2. The second-order valence-electron chi connectivity index (χ2n) is 5.02. The number of rotatable bonds is 4. The molecule has 1 saturated heterocycles. The van der Waals surface area contributed by atoms with E-state index in [1.165, 1.54) is 12.1 Å². The van der Waals surface area contributed by atoms with Gasteiger partial charge in [-0.3, -0.25) is 14.9 Å². The summed E-state index contributed by atoms with van der Waals surface area (Å²) in [6.45, 7) is 0. The number of nitro groups is 1. The quantitative estimate of drug-likeness (QED) is 0.512. The van der Waals surface area contributed by atoms with Crippen molar-refractivity contribution in [2.45, 2.75) is 0 Å². The number of carbonyl (C=O) groups is 1. The predicted octanol–water partition coefficient (Wildman–Crippen LogP) is 4.04. The van der Waals surface area contributed by atoms with Gasteiger partial charge >= 0.3 is 0 Å². The van der Waals surface area contributed by atoms with Gasteiger partial charge in [0.25, 0.3) is 11.6 Å². The van der Waals surface area contributed by atoms with Crippen LogP contribution in [0.5, 0.6) is 0 Å². The van der Waals surface area contributed by atoms with Crippen molar-refractivity contribution in [3.63, 3.8) is 0 Å². The number of carbonyl (C=O) groups excluding carboxylic acids is 1. The number of hydrogen-bond donors (Lipinski definition) is 1. The van der Waals surface area contributed by atoms with Gasteiger partial charge in [-0.1, -0.05) is 54.6 Å². The lowest BCUT2D eigenvalue weighted by Crippen LogP contribution is -2.19. The van der Waals surface area contributed by atoms with E-state index in [0.29, 0.717) is 10.1 Å². The van der Waals surface area contributed by atoms with Crippen LogP contribution < -0.4 is 5.32 Å². The number of amidine groups is 1. The Kier molecular flexibility index (Phi) is 5.06. The van der Waals surface area contributed by atoms with E-state index >= 15 is 0 Å². The maximum absolute atomic E-state index is 12.0. The number of benzene rings is 2. The van der Waals surface area contributed by atoms with Crippen molar-refractivity contribution in [1.29, 1.82) is 0 Å². The molecule has 2 aromatic rings. The Balaban J connectivity index is 1.78. The van der Waals surface area contributed by atoms with E-state index in [1.807, 2.05) is 36.4 Å². The summed E-state index contributed by atoms with van der Waals surface area (Å²) in [6.07, 6.45) is 5.36. The van der Waals surface area contributed by atoms with Gasteiger partial charge in [0.2, 0.25) is 0 Å². The predicted molar refractivity (Wildman–Crippen MR) is 99.5 cm³/mol. The summed E-state index contributed by atoms with van der Waals surface area (Å²) in [6, 6.07) is 15.9. The fraction of sp³-hybridized carbons (Fsp3) is 0. The molecule has 0 unspecified atom stereocenters. The van der Waals surface area contributed by atoms with Crippen LogP contribution in [0.3, 0.4) is 0 Å². The third-order valence-corrected chi connectivity index (χ3v) is 4.22. The number of aliphatic imine (C=N–C) groups is 1. The summed E-state index contributed by atoms with van der Waals surface area (Å²) in [4.78, 5) is 27.2. The van der Waals surface area contributed by atoms with Gasteiger partial charge in [-0.2, -0.15) is 0 Å². The van der Waals surface area contributed by atoms with Crippen molar-refractivity contribution in [3.8, 4) is 0 Å². The van der Waals surface area contributed by atoms with Gasteiger partial charge in [-0.05, 0) is 29.5 Å². The molecule has 0 atom stereocenters. The fourth-order valence-corrected chi connectivity index (χ4v) is 2.91.